The van der Waals surface area contributed by atoms with Crippen molar-refractivity contribution in [2.75, 3.05) is 5.88 Å². The highest BCUT2D eigenvalue weighted by Crippen LogP contribution is 2.40. The predicted molar refractivity (Wildman–Crippen MR) is 107 cm³/mol. The fourth-order valence-electron chi connectivity index (χ4n) is 2.62. The largest absolute Gasteiger partial charge is 0.426 e. The molecule has 0 atom stereocenters. The first-order chi connectivity index (χ1) is 13.1. The topological polar surface area (TPSA) is 69.4 Å². The maximum Gasteiger partial charge on any atom is 0.311 e. The Bertz CT molecular complexity index is 993. The van der Waals surface area contributed by atoms with Crippen molar-refractivity contribution in [2.24, 2.45) is 0 Å². The van der Waals surface area contributed by atoms with Gasteiger partial charge in [-0.25, -0.2) is 0 Å². The molecule has 0 aromatic heterocycles. The molecule has 0 aliphatic rings. The van der Waals surface area contributed by atoms with Gasteiger partial charge in [0.1, 0.15) is 5.75 Å². The van der Waals surface area contributed by atoms with E-state index in [9.17, 15) is 14.9 Å². The molecule has 0 spiro atoms. The first kappa shape index (κ1) is 19.2. The van der Waals surface area contributed by atoms with Crippen molar-refractivity contribution in [1.82, 2.24) is 0 Å². The fraction of sp³-hybridized carbons (Fsp3) is 0.150. The third-order valence-electron chi connectivity index (χ3n) is 3.86. The number of ether oxygens (including phenoxy) is 1. The third-order valence-corrected chi connectivity index (χ3v) is 5.27. The minimum atomic E-state index is -0.391. The molecule has 5 nitrogen and oxygen atoms in total. The zero-order chi connectivity index (χ0) is 19.2. The van der Waals surface area contributed by atoms with E-state index in [4.69, 9.17) is 16.3 Å². The van der Waals surface area contributed by atoms with E-state index < -0.39 is 4.92 Å². The summed E-state index contributed by atoms with van der Waals surface area (Å²) < 4.78 is 5.48. The molecule has 3 aromatic carbocycles. The minimum absolute atomic E-state index is 0.0585. The molecule has 0 saturated carbocycles. The van der Waals surface area contributed by atoms with Crippen molar-refractivity contribution >= 4 is 45.8 Å². The van der Waals surface area contributed by atoms with Gasteiger partial charge in [-0.05, 0) is 30.0 Å². The van der Waals surface area contributed by atoms with Crippen LogP contribution in [0.15, 0.2) is 70.5 Å². The molecule has 27 heavy (non-hydrogen) atoms. The number of alkyl halides is 1. The number of nitrogens with zero attached hydrogens (tertiary/aromatic N) is 1. The maximum atomic E-state index is 11.9. The monoisotopic (exact) mass is 401 g/mol. The molecule has 0 amide bonds. The third kappa shape index (κ3) is 4.59. The number of nitro benzene ring substituents is 1. The van der Waals surface area contributed by atoms with Gasteiger partial charge in [0.15, 0.2) is 0 Å². The van der Waals surface area contributed by atoms with Crippen molar-refractivity contribution in [3.05, 3.63) is 70.8 Å². The fourth-order valence-corrected chi connectivity index (χ4v) is 3.81. The van der Waals surface area contributed by atoms with Gasteiger partial charge in [-0.2, -0.15) is 0 Å². The number of nitro groups is 1. The summed E-state index contributed by atoms with van der Waals surface area (Å²) in [6.07, 6.45) is 0.814. The molecule has 3 rings (SSSR count). The van der Waals surface area contributed by atoms with Crippen molar-refractivity contribution in [2.45, 2.75) is 22.6 Å². The zero-order valence-electron chi connectivity index (χ0n) is 14.3. The average Bonchev–Trinajstić information content (AvgIpc) is 2.68. The van der Waals surface area contributed by atoms with Crippen LogP contribution in [0, 0.1) is 10.1 Å². The average molecular weight is 402 g/mol. The second-order valence-corrected chi connectivity index (χ2v) is 7.16. The summed E-state index contributed by atoms with van der Waals surface area (Å²) in [6.45, 7) is 0. The number of hydrogen-bond donors (Lipinski definition) is 0. The van der Waals surface area contributed by atoms with Crippen molar-refractivity contribution in [3.63, 3.8) is 0 Å². The molecule has 0 aliphatic carbocycles. The number of esters is 1. The minimum Gasteiger partial charge on any atom is -0.426 e. The van der Waals surface area contributed by atoms with E-state index >= 15 is 0 Å². The van der Waals surface area contributed by atoms with E-state index in [0.29, 0.717) is 22.9 Å². The van der Waals surface area contributed by atoms with E-state index in [1.54, 1.807) is 24.3 Å². The van der Waals surface area contributed by atoms with E-state index in [0.717, 1.165) is 15.7 Å². The lowest BCUT2D eigenvalue weighted by Gasteiger charge is -2.11. The zero-order valence-corrected chi connectivity index (χ0v) is 15.8. The second kappa shape index (κ2) is 8.88. The quantitative estimate of drug-likeness (QED) is 0.164. The van der Waals surface area contributed by atoms with Crippen LogP contribution in [0.3, 0.4) is 0 Å². The normalized spacial score (nSPS) is 10.7. The molecular formula is C20H16ClNO4S. The van der Waals surface area contributed by atoms with Crippen molar-refractivity contribution in [1.29, 1.82) is 0 Å². The molecule has 0 unspecified atom stereocenters. The summed E-state index contributed by atoms with van der Waals surface area (Å²) in [5.41, 5.74) is 0.0585. The number of carbonyl (C=O) groups excluding carboxylic acids is 1. The van der Waals surface area contributed by atoms with E-state index in [-0.39, 0.29) is 18.1 Å². The van der Waals surface area contributed by atoms with Crippen LogP contribution in [0.1, 0.15) is 12.8 Å². The number of para-hydroxylation sites is 1. The van der Waals surface area contributed by atoms with Crippen LogP contribution in [-0.4, -0.2) is 16.8 Å². The van der Waals surface area contributed by atoms with Crippen LogP contribution < -0.4 is 4.74 Å². The standard InChI is InChI=1S/C20H16ClNO4S/c21-13-5-10-20(23)26-17-11-12-18(15-7-2-1-6-14(15)17)27-19-9-4-3-8-16(19)22(24)25/h1-4,6-9,11-12H,5,10,13H2. The Balaban J connectivity index is 1.96. The Kier molecular flexibility index (Phi) is 6.32. The van der Waals surface area contributed by atoms with Gasteiger partial charge in [-0.1, -0.05) is 48.2 Å². The Morgan fingerprint density at radius 1 is 1.00 bits per heavy atom. The lowest BCUT2D eigenvalue weighted by atomic mass is 10.1. The molecule has 0 radical (unpaired) electrons. The van der Waals surface area contributed by atoms with Gasteiger partial charge < -0.3 is 4.74 Å². The Hall–Kier alpha value is -2.57. The summed E-state index contributed by atoms with van der Waals surface area (Å²) in [6, 6.07) is 17.7. The Labute approximate surface area is 165 Å². The number of hydrogen-bond acceptors (Lipinski definition) is 5. The first-order valence-electron chi connectivity index (χ1n) is 8.30. The van der Waals surface area contributed by atoms with Crippen molar-refractivity contribution in [3.8, 4) is 5.75 Å². The number of halogens is 1. The Morgan fingerprint density at radius 3 is 2.44 bits per heavy atom. The van der Waals surface area contributed by atoms with Crippen LogP contribution in [-0.2, 0) is 4.79 Å². The number of rotatable bonds is 7. The van der Waals surface area contributed by atoms with E-state index in [1.807, 2.05) is 30.3 Å². The molecule has 3 aromatic rings. The van der Waals surface area contributed by atoms with E-state index in [2.05, 4.69) is 0 Å². The van der Waals surface area contributed by atoms with Gasteiger partial charge >= 0.3 is 5.97 Å². The molecule has 0 heterocycles. The van der Waals surface area contributed by atoms with Crippen LogP contribution in [0.25, 0.3) is 10.8 Å². The Morgan fingerprint density at radius 2 is 1.70 bits per heavy atom. The molecule has 0 fully saturated rings. The van der Waals surface area contributed by atoms with Crippen LogP contribution in [0.5, 0.6) is 5.75 Å². The highest BCUT2D eigenvalue weighted by Gasteiger charge is 2.16. The number of carbonyl (C=O) groups is 1. The summed E-state index contributed by atoms with van der Waals surface area (Å²) in [5, 5.41) is 12.9. The SMILES string of the molecule is O=C(CCCCl)Oc1ccc(Sc2ccccc2[N+](=O)[O-])c2ccccc12. The number of fused-ring (bicyclic) bond motifs is 1. The number of benzene rings is 3. The van der Waals surface area contributed by atoms with Crippen molar-refractivity contribution < 1.29 is 14.5 Å². The van der Waals surface area contributed by atoms with Crippen LogP contribution in [0.2, 0.25) is 0 Å². The summed E-state index contributed by atoms with van der Waals surface area (Å²) in [4.78, 5) is 24.2. The predicted octanol–water partition coefficient (Wildman–Crippen LogP) is 5.82. The van der Waals surface area contributed by atoms with Gasteiger partial charge in [-0.15, -0.1) is 11.6 Å². The smallest absolute Gasteiger partial charge is 0.311 e. The van der Waals surface area contributed by atoms with Gasteiger partial charge in [0.05, 0.1) is 9.82 Å². The maximum absolute atomic E-state index is 11.9. The van der Waals surface area contributed by atoms with E-state index in [1.165, 1.54) is 17.8 Å². The lowest BCUT2D eigenvalue weighted by molar-refractivity contribution is -0.387. The highest BCUT2D eigenvalue weighted by molar-refractivity contribution is 7.99. The molecular weight excluding hydrogens is 386 g/mol. The van der Waals surface area contributed by atoms with Gasteiger partial charge in [0.2, 0.25) is 0 Å². The lowest BCUT2D eigenvalue weighted by Crippen LogP contribution is -2.08. The molecule has 138 valence electrons. The molecule has 0 N–H and O–H groups in total. The summed E-state index contributed by atoms with van der Waals surface area (Å²) in [7, 11) is 0. The second-order valence-electron chi connectivity index (χ2n) is 5.70. The first-order valence-corrected chi connectivity index (χ1v) is 9.65. The molecule has 0 saturated heterocycles. The van der Waals surface area contributed by atoms with Crippen LogP contribution in [0.4, 0.5) is 5.69 Å². The van der Waals surface area contributed by atoms with Gasteiger partial charge in [-0.3, -0.25) is 14.9 Å². The molecule has 0 bridgehead atoms. The highest BCUT2D eigenvalue weighted by atomic mass is 35.5. The summed E-state index contributed by atoms with van der Waals surface area (Å²) in [5.74, 6) is 0.540. The molecule has 7 heteroatoms. The summed E-state index contributed by atoms with van der Waals surface area (Å²) >= 11 is 6.93. The van der Waals surface area contributed by atoms with Gasteiger partial charge in [0, 0.05) is 28.6 Å². The van der Waals surface area contributed by atoms with Gasteiger partial charge in [0.25, 0.3) is 5.69 Å². The van der Waals surface area contributed by atoms with Crippen LogP contribution >= 0.6 is 23.4 Å². The molecule has 0 aliphatic heterocycles.